The number of hydrogen-bond acceptors (Lipinski definition) is 5. The minimum absolute atomic E-state index is 0.0150. The summed E-state index contributed by atoms with van der Waals surface area (Å²) in [5.74, 6) is 0.377. The van der Waals surface area contributed by atoms with Crippen molar-refractivity contribution < 1.29 is 4.79 Å². The van der Waals surface area contributed by atoms with E-state index in [2.05, 4.69) is 25.9 Å². The molecule has 0 saturated carbocycles. The van der Waals surface area contributed by atoms with Crippen LogP contribution in [0.15, 0.2) is 59.3 Å². The highest BCUT2D eigenvalue weighted by molar-refractivity contribution is 9.10. The van der Waals surface area contributed by atoms with Gasteiger partial charge in [-0.1, -0.05) is 34.1 Å². The maximum absolute atomic E-state index is 11.7. The van der Waals surface area contributed by atoms with Crippen LogP contribution in [0.5, 0.6) is 0 Å². The van der Waals surface area contributed by atoms with Crippen molar-refractivity contribution >= 4 is 44.4 Å². The number of amides is 1. The van der Waals surface area contributed by atoms with Crippen molar-refractivity contribution in [1.29, 1.82) is 0 Å². The number of aromatic nitrogens is 3. The first kappa shape index (κ1) is 20.0. The van der Waals surface area contributed by atoms with Gasteiger partial charge in [0.05, 0.1) is 11.1 Å². The van der Waals surface area contributed by atoms with Crippen molar-refractivity contribution in [2.45, 2.75) is 13.8 Å². The molecule has 4 rings (SSSR count). The third-order valence-electron chi connectivity index (χ3n) is 5.10. The van der Waals surface area contributed by atoms with Crippen LogP contribution >= 0.6 is 15.9 Å². The summed E-state index contributed by atoms with van der Waals surface area (Å²) in [6, 6.07) is 15.9. The molecule has 2 aromatic carbocycles. The zero-order chi connectivity index (χ0) is 21.4. The number of pyridine rings is 1. The smallest absolute Gasteiger partial charge is 0.223 e. The monoisotopic (exact) mass is 461 g/mol. The number of anilines is 2. The normalized spacial score (nSPS) is 10.9. The van der Waals surface area contributed by atoms with Crippen LogP contribution in [0.25, 0.3) is 33.4 Å². The van der Waals surface area contributed by atoms with E-state index in [1.54, 1.807) is 18.9 Å². The van der Waals surface area contributed by atoms with Gasteiger partial charge in [0.25, 0.3) is 0 Å². The van der Waals surface area contributed by atoms with Crippen molar-refractivity contribution in [3.05, 3.63) is 64.9 Å². The maximum atomic E-state index is 11.7. The molecule has 6 nitrogen and oxygen atoms in total. The Morgan fingerprint density at radius 1 is 1.07 bits per heavy atom. The van der Waals surface area contributed by atoms with Gasteiger partial charge in [-0.05, 0) is 53.9 Å². The molecule has 4 aromatic rings. The largest absolute Gasteiger partial charge is 0.383 e. The summed E-state index contributed by atoms with van der Waals surface area (Å²) in [6.07, 6.45) is 1.43. The number of halogens is 1. The summed E-state index contributed by atoms with van der Waals surface area (Å²) in [5.41, 5.74) is 12.2. The van der Waals surface area contributed by atoms with Crippen LogP contribution in [-0.2, 0) is 4.79 Å². The topological polar surface area (TPSA) is 85.0 Å². The van der Waals surface area contributed by atoms with Crippen LogP contribution in [0.4, 0.5) is 11.5 Å². The molecule has 0 fully saturated rings. The van der Waals surface area contributed by atoms with Crippen molar-refractivity contribution in [3.8, 4) is 22.4 Å². The van der Waals surface area contributed by atoms with Crippen LogP contribution < -0.4 is 10.6 Å². The van der Waals surface area contributed by atoms with Crippen LogP contribution in [-0.4, -0.2) is 27.9 Å². The molecule has 1 amide bonds. The SMILES string of the molecule is CC(=O)N(C)c1ccc(-c2cc(-c3cccc(Br)c3)c3c(N)ncnc3n2)cc1C. The lowest BCUT2D eigenvalue weighted by atomic mass is 9.99. The fourth-order valence-electron chi connectivity index (χ4n) is 3.48. The number of nitrogens with two attached hydrogens (primary N) is 1. The van der Waals surface area contributed by atoms with Crippen molar-refractivity contribution in [2.24, 2.45) is 0 Å². The zero-order valence-corrected chi connectivity index (χ0v) is 18.4. The van der Waals surface area contributed by atoms with Gasteiger partial charge in [-0.3, -0.25) is 4.79 Å². The van der Waals surface area contributed by atoms with E-state index in [-0.39, 0.29) is 5.91 Å². The van der Waals surface area contributed by atoms with Crippen molar-refractivity contribution in [1.82, 2.24) is 15.0 Å². The molecule has 30 heavy (non-hydrogen) atoms. The highest BCUT2D eigenvalue weighted by Crippen LogP contribution is 2.35. The van der Waals surface area contributed by atoms with E-state index >= 15 is 0 Å². The molecule has 2 aromatic heterocycles. The third kappa shape index (κ3) is 3.64. The second-order valence-electron chi connectivity index (χ2n) is 7.10. The van der Waals surface area contributed by atoms with E-state index in [1.807, 2.05) is 55.5 Å². The third-order valence-corrected chi connectivity index (χ3v) is 5.59. The van der Waals surface area contributed by atoms with E-state index in [9.17, 15) is 4.79 Å². The highest BCUT2D eigenvalue weighted by Gasteiger charge is 2.15. The minimum Gasteiger partial charge on any atom is -0.383 e. The van der Waals surface area contributed by atoms with Gasteiger partial charge in [0.1, 0.15) is 12.1 Å². The summed E-state index contributed by atoms with van der Waals surface area (Å²) in [5, 5.41) is 0.726. The predicted molar refractivity (Wildman–Crippen MR) is 124 cm³/mol. The van der Waals surface area contributed by atoms with E-state index in [4.69, 9.17) is 10.7 Å². The fraction of sp³-hybridized carbons (Fsp3) is 0.130. The molecule has 0 spiro atoms. The van der Waals surface area contributed by atoms with Crippen LogP contribution in [0.2, 0.25) is 0 Å². The lowest BCUT2D eigenvalue weighted by Gasteiger charge is -2.18. The van der Waals surface area contributed by atoms with E-state index in [0.29, 0.717) is 11.5 Å². The first-order valence-electron chi connectivity index (χ1n) is 9.37. The number of aryl methyl sites for hydroxylation is 1. The zero-order valence-electron chi connectivity index (χ0n) is 16.8. The molecule has 0 atom stereocenters. The van der Waals surface area contributed by atoms with Crippen LogP contribution in [0.3, 0.4) is 0 Å². The van der Waals surface area contributed by atoms with Gasteiger partial charge >= 0.3 is 0 Å². The molecule has 2 heterocycles. The first-order chi connectivity index (χ1) is 14.3. The number of fused-ring (bicyclic) bond motifs is 1. The molecule has 2 N–H and O–H groups in total. The van der Waals surface area contributed by atoms with Gasteiger partial charge in [-0.25, -0.2) is 15.0 Å². The van der Waals surface area contributed by atoms with Gasteiger partial charge in [-0.15, -0.1) is 0 Å². The van der Waals surface area contributed by atoms with Crippen molar-refractivity contribution in [3.63, 3.8) is 0 Å². The number of hydrogen-bond donors (Lipinski definition) is 1. The van der Waals surface area contributed by atoms with Gasteiger partial charge in [0, 0.05) is 29.7 Å². The Kier molecular flexibility index (Phi) is 5.22. The molecule has 0 aliphatic carbocycles. The van der Waals surface area contributed by atoms with Crippen LogP contribution in [0, 0.1) is 6.92 Å². The molecule has 0 saturated heterocycles. The Morgan fingerprint density at radius 3 is 2.57 bits per heavy atom. The highest BCUT2D eigenvalue weighted by atomic mass is 79.9. The quantitative estimate of drug-likeness (QED) is 0.464. The fourth-order valence-corrected chi connectivity index (χ4v) is 3.88. The number of benzene rings is 2. The van der Waals surface area contributed by atoms with Crippen LogP contribution in [0.1, 0.15) is 12.5 Å². The van der Waals surface area contributed by atoms with E-state index < -0.39 is 0 Å². The van der Waals surface area contributed by atoms with Crippen molar-refractivity contribution in [2.75, 3.05) is 17.7 Å². The molecule has 150 valence electrons. The van der Waals surface area contributed by atoms with Gasteiger partial charge in [0.2, 0.25) is 5.91 Å². The Balaban J connectivity index is 1.93. The minimum atomic E-state index is -0.0150. The average Bonchev–Trinajstić information content (AvgIpc) is 2.72. The number of nitrogens with zero attached hydrogens (tertiary/aromatic N) is 4. The summed E-state index contributed by atoms with van der Waals surface area (Å²) in [7, 11) is 1.77. The number of carbonyl (C=O) groups excluding carboxylic acids is 1. The Hall–Kier alpha value is -3.32. The number of nitrogen functional groups attached to an aromatic ring is 1. The van der Waals surface area contributed by atoms with Gasteiger partial charge < -0.3 is 10.6 Å². The molecule has 0 aliphatic rings. The molecular formula is C23H20BrN5O. The summed E-state index contributed by atoms with van der Waals surface area (Å²) >= 11 is 3.54. The Labute approximate surface area is 182 Å². The molecule has 0 unspecified atom stereocenters. The molecular weight excluding hydrogens is 442 g/mol. The molecule has 7 heteroatoms. The Bertz CT molecular complexity index is 1290. The molecule has 0 aliphatic heterocycles. The lowest BCUT2D eigenvalue weighted by Crippen LogP contribution is -2.23. The predicted octanol–water partition coefficient (Wildman–Crippen LogP) is 4.99. The average molecular weight is 462 g/mol. The maximum Gasteiger partial charge on any atom is 0.223 e. The van der Waals surface area contributed by atoms with E-state index in [1.165, 1.54) is 6.33 Å². The summed E-state index contributed by atoms with van der Waals surface area (Å²) in [6.45, 7) is 3.53. The van der Waals surface area contributed by atoms with Gasteiger partial charge in [-0.2, -0.15) is 0 Å². The van der Waals surface area contributed by atoms with E-state index in [0.717, 1.165) is 43.5 Å². The standard InChI is InChI=1S/C23H20BrN5O/c1-13-9-16(7-8-20(13)29(3)14(2)30)19-11-18(15-5-4-6-17(24)10-15)21-22(25)26-12-27-23(21)28-19/h4-12H,1-3H3,(H2,25,26,27,28). The number of carbonyl (C=O) groups is 1. The second kappa shape index (κ2) is 7.84. The number of rotatable bonds is 3. The lowest BCUT2D eigenvalue weighted by molar-refractivity contribution is -0.116. The Morgan fingerprint density at radius 2 is 1.87 bits per heavy atom. The van der Waals surface area contributed by atoms with Gasteiger partial charge in [0.15, 0.2) is 5.65 Å². The first-order valence-corrected chi connectivity index (χ1v) is 10.2. The molecule has 0 radical (unpaired) electrons. The molecule has 0 bridgehead atoms. The summed E-state index contributed by atoms with van der Waals surface area (Å²) < 4.78 is 0.967. The summed E-state index contributed by atoms with van der Waals surface area (Å²) in [4.78, 5) is 26.6. The second-order valence-corrected chi connectivity index (χ2v) is 8.02.